The molecule has 0 radical (unpaired) electrons. The third kappa shape index (κ3) is 5.89. The number of halogens is 8. The van der Waals surface area contributed by atoms with Crippen LogP contribution in [-0.4, -0.2) is 14.2 Å². The summed E-state index contributed by atoms with van der Waals surface area (Å²) in [5, 5.41) is -0.397. The predicted molar refractivity (Wildman–Crippen MR) is 137 cm³/mol. The van der Waals surface area contributed by atoms with Crippen LogP contribution in [0.25, 0.3) is 22.3 Å². The van der Waals surface area contributed by atoms with E-state index in [4.69, 9.17) is 37.4 Å². The van der Waals surface area contributed by atoms with E-state index in [9.17, 15) is 26.3 Å². The van der Waals surface area contributed by atoms with Crippen LogP contribution >= 0.6 is 23.2 Å². The molecule has 4 rings (SSSR count). The lowest BCUT2D eigenvalue weighted by Gasteiger charge is -2.20. The van der Waals surface area contributed by atoms with Gasteiger partial charge in [0.05, 0.1) is 36.5 Å². The first-order valence-corrected chi connectivity index (χ1v) is 11.9. The van der Waals surface area contributed by atoms with Crippen LogP contribution in [0, 0.1) is 0 Å². The summed E-state index contributed by atoms with van der Waals surface area (Å²) >= 11 is 12.6. The van der Waals surface area contributed by atoms with E-state index in [0.717, 1.165) is 24.3 Å². The van der Waals surface area contributed by atoms with Gasteiger partial charge in [-0.25, -0.2) is 0 Å². The van der Waals surface area contributed by atoms with Crippen LogP contribution in [-0.2, 0) is 12.4 Å². The second kappa shape index (κ2) is 10.9. The fraction of sp³-hybridized carbons (Fsp3) is 0.143. The zero-order valence-electron chi connectivity index (χ0n) is 20.2. The molecule has 0 saturated carbocycles. The summed E-state index contributed by atoms with van der Waals surface area (Å²) in [6.45, 7) is 0. The standard InChI is InChI=1S/C28H18Cl2F6O3/c1-37-21-5-3-7-23(25(21)17-11-9-15(13-19(17)29)27(31,32)33)39-24-8-4-6-22(38-2)26(24)18-12-10-16(14-20(18)30)28(34,35)36/h3-14H,1-2H3. The van der Waals surface area contributed by atoms with Crippen molar-refractivity contribution in [1.82, 2.24) is 0 Å². The Hall–Kier alpha value is -3.56. The molecule has 0 aliphatic carbocycles. The second-order valence-corrected chi connectivity index (χ2v) is 8.97. The first-order valence-electron chi connectivity index (χ1n) is 11.1. The first kappa shape index (κ1) is 28.4. The van der Waals surface area contributed by atoms with Crippen LogP contribution in [0.4, 0.5) is 26.3 Å². The molecule has 11 heteroatoms. The van der Waals surface area contributed by atoms with Crippen molar-refractivity contribution in [2.75, 3.05) is 14.2 Å². The van der Waals surface area contributed by atoms with E-state index in [-0.39, 0.29) is 55.3 Å². The lowest BCUT2D eigenvalue weighted by molar-refractivity contribution is -0.138. The van der Waals surface area contributed by atoms with E-state index < -0.39 is 23.5 Å². The molecule has 39 heavy (non-hydrogen) atoms. The molecule has 0 spiro atoms. The van der Waals surface area contributed by atoms with Crippen molar-refractivity contribution in [3.8, 4) is 45.3 Å². The van der Waals surface area contributed by atoms with Gasteiger partial charge in [-0.05, 0) is 48.5 Å². The van der Waals surface area contributed by atoms with Crippen LogP contribution in [0.3, 0.4) is 0 Å². The SMILES string of the molecule is COc1cccc(Oc2cccc(OC)c2-c2ccc(C(F)(F)F)cc2Cl)c1-c1ccc(C(F)(F)F)cc1Cl. The smallest absolute Gasteiger partial charge is 0.416 e. The van der Waals surface area contributed by atoms with Crippen LogP contribution in [0.5, 0.6) is 23.0 Å². The van der Waals surface area contributed by atoms with Crippen molar-refractivity contribution < 1.29 is 40.6 Å². The third-order valence-corrected chi connectivity index (χ3v) is 6.39. The van der Waals surface area contributed by atoms with Crippen molar-refractivity contribution in [3.63, 3.8) is 0 Å². The van der Waals surface area contributed by atoms with Crippen molar-refractivity contribution in [2.24, 2.45) is 0 Å². The van der Waals surface area contributed by atoms with Crippen molar-refractivity contribution in [2.45, 2.75) is 12.4 Å². The highest BCUT2D eigenvalue weighted by molar-refractivity contribution is 6.34. The summed E-state index contributed by atoms with van der Waals surface area (Å²) in [6, 6.07) is 15.2. The highest BCUT2D eigenvalue weighted by atomic mass is 35.5. The Kier molecular flexibility index (Phi) is 7.95. The monoisotopic (exact) mass is 586 g/mol. The van der Waals surface area contributed by atoms with Crippen molar-refractivity contribution in [1.29, 1.82) is 0 Å². The number of hydrogen-bond donors (Lipinski definition) is 0. The third-order valence-electron chi connectivity index (χ3n) is 5.77. The Labute approximate surface area is 229 Å². The van der Waals surface area contributed by atoms with Gasteiger partial charge < -0.3 is 14.2 Å². The van der Waals surface area contributed by atoms with Gasteiger partial charge in [0.2, 0.25) is 0 Å². The van der Waals surface area contributed by atoms with E-state index in [2.05, 4.69) is 0 Å². The molecule has 0 amide bonds. The van der Waals surface area contributed by atoms with Gasteiger partial charge >= 0.3 is 12.4 Å². The topological polar surface area (TPSA) is 27.7 Å². The molecular weight excluding hydrogens is 569 g/mol. The van der Waals surface area contributed by atoms with Gasteiger partial charge in [-0.1, -0.05) is 47.5 Å². The summed E-state index contributed by atoms with van der Waals surface area (Å²) in [4.78, 5) is 0. The fourth-order valence-corrected chi connectivity index (χ4v) is 4.52. The molecule has 3 nitrogen and oxygen atoms in total. The number of hydrogen-bond acceptors (Lipinski definition) is 3. The maximum absolute atomic E-state index is 13.2. The summed E-state index contributed by atoms with van der Waals surface area (Å²) in [5.74, 6) is 0.805. The molecular formula is C28H18Cl2F6O3. The van der Waals surface area contributed by atoms with Gasteiger partial charge in [0, 0.05) is 21.2 Å². The van der Waals surface area contributed by atoms with Gasteiger partial charge in [0.1, 0.15) is 23.0 Å². The van der Waals surface area contributed by atoms with E-state index in [0.29, 0.717) is 0 Å². The van der Waals surface area contributed by atoms with Crippen LogP contribution < -0.4 is 14.2 Å². The zero-order valence-corrected chi connectivity index (χ0v) is 21.7. The largest absolute Gasteiger partial charge is 0.496 e. The minimum Gasteiger partial charge on any atom is -0.496 e. The quantitative estimate of drug-likeness (QED) is 0.210. The minimum absolute atomic E-state index is 0.147. The average molecular weight is 587 g/mol. The van der Waals surface area contributed by atoms with Gasteiger partial charge in [0.25, 0.3) is 0 Å². The normalized spacial score (nSPS) is 11.8. The Bertz CT molecular complexity index is 1400. The molecule has 0 aliphatic rings. The maximum atomic E-state index is 13.2. The Morgan fingerprint density at radius 3 is 1.21 bits per heavy atom. The van der Waals surface area contributed by atoms with E-state index in [1.807, 2.05) is 0 Å². The lowest BCUT2D eigenvalue weighted by Crippen LogP contribution is -2.05. The zero-order chi connectivity index (χ0) is 28.5. The number of ether oxygens (including phenoxy) is 3. The fourth-order valence-electron chi connectivity index (χ4n) is 3.97. The van der Waals surface area contributed by atoms with Crippen molar-refractivity contribution in [3.05, 3.63) is 94.0 Å². The molecule has 0 aromatic heterocycles. The number of alkyl halides is 6. The molecule has 0 aliphatic heterocycles. The summed E-state index contributed by atoms with van der Waals surface area (Å²) in [6.07, 6.45) is -9.20. The number of methoxy groups -OCH3 is 2. The molecule has 0 heterocycles. The average Bonchev–Trinajstić information content (AvgIpc) is 2.87. The number of rotatable bonds is 6. The van der Waals surface area contributed by atoms with Crippen molar-refractivity contribution >= 4 is 23.2 Å². The molecule has 0 fully saturated rings. The summed E-state index contributed by atoms with van der Waals surface area (Å²) < 4.78 is 96.4. The molecule has 0 saturated heterocycles. The van der Waals surface area contributed by atoms with Crippen LogP contribution in [0.1, 0.15) is 11.1 Å². The Balaban J connectivity index is 1.88. The molecule has 0 unspecified atom stereocenters. The minimum atomic E-state index is -4.60. The molecule has 204 valence electrons. The highest BCUT2D eigenvalue weighted by Gasteiger charge is 2.33. The van der Waals surface area contributed by atoms with E-state index >= 15 is 0 Å². The first-order chi connectivity index (χ1) is 18.3. The van der Waals surface area contributed by atoms with Crippen LogP contribution in [0.2, 0.25) is 10.0 Å². The molecule has 4 aromatic rings. The summed E-state index contributed by atoms with van der Waals surface area (Å²) in [5.41, 5.74) is -0.943. The van der Waals surface area contributed by atoms with Gasteiger partial charge in [0.15, 0.2) is 0 Å². The second-order valence-electron chi connectivity index (χ2n) is 8.15. The summed E-state index contributed by atoms with van der Waals surface area (Å²) in [7, 11) is 2.75. The molecule has 0 N–H and O–H groups in total. The lowest BCUT2D eigenvalue weighted by atomic mass is 10.00. The molecule has 0 atom stereocenters. The van der Waals surface area contributed by atoms with E-state index in [1.54, 1.807) is 36.4 Å². The van der Waals surface area contributed by atoms with Crippen LogP contribution in [0.15, 0.2) is 72.8 Å². The highest BCUT2D eigenvalue weighted by Crippen LogP contribution is 2.48. The molecule has 4 aromatic carbocycles. The van der Waals surface area contributed by atoms with Gasteiger partial charge in [-0.15, -0.1) is 0 Å². The van der Waals surface area contributed by atoms with E-state index in [1.165, 1.54) is 26.4 Å². The maximum Gasteiger partial charge on any atom is 0.416 e. The predicted octanol–water partition coefficient (Wildman–Crippen LogP) is 10.2. The van der Waals surface area contributed by atoms with Gasteiger partial charge in [-0.2, -0.15) is 26.3 Å². The number of benzene rings is 4. The Morgan fingerprint density at radius 1 is 0.538 bits per heavy atom. The molecule has 0 bridgehead atoms. The Morgan fingerprint density at radius 2 is 0.897 bits per heavy atom. The van der Waals surface area contributed by atoms with Gasteiger partial charge in [-0.3, -0.25) is 0 Å².